The van der Waals surface area contributed by atoms with Crippen molar-refractivity contribution in [3.8, 4) is 0 Å². The second-order valence-electron chi connectivity index (χ2n) is 8.05. The fourth-order valence-electron chi connectivity index (χ4n) is 4.10. The number of nitrogens with zero attached hydrogens (tertiary/aromatic N) is 1. The monoisotopic (exact) mass is 466 g/mol. The van der Waals surface area contributed by atoms with Gasteiger partial charge in [-0.15, -0.1) is 0 Å². The zero-order valence-corrected chi connectivity index (χ0v) is 19.6. The molecule has 5 nitrogen and oxygen atoms in total. The fraction of sp³-hybridized carbons (Fsp3) is 0.435. The van der Waals surface area contributed by atoms with Gasteiger partial charge in [-0.25, -0.2) is 12.8 Å². The Bertz CT molecular complexity index is 1070. The summed E-state index contributed by atoms with van der Waals surface area (Å²) in [6.07, 6.45) is 5.74. The molecule has 1 amide bonds. The van der Waals surface area contributed by atoms with Crippen LogP contribution in [0.4, 0.5) is 10.1 Å². The van der Waals surface area contributed by atoms with Crippen LogP contribution in [0.5, 0.6) is 0 Å². The Morgan fingerprint density at radius 2 is 1.84 bits per heavy atom. The number of fused-ring (bicyclic) bond motifs is 1. The molecule has 0 saturated carbocycles. The maximum atomic E-state index is 13.6. The van der Waals surface area contributed by atoms with E-state index in [2.05, 4.69) is 17.4 Å². The summed E-state index contributed by atoms with van der Waals surface area (Å²) < 4.78 is 39.7. The Kier molecular flexibility index (Phi) is 7.27. The summed E-state index contributed by atoms with van der Waals surface area (Å²) >= 11 is 5.86. The minimum Gasteiger partial charge on any atom is -0.348 e. The summed E-state index contributed by atoms with van der Waals surface area (Å²) in [6.45, 7) is 3.62. The lowest BCUT2D eigenvalue weighted by atomic mass is 9.89. The number of anilines is 1. The Hall–Kier alpha value is -2.12. The average Bonchev–Trinajstić information content (AvgIpc) is 2.72. The molecule has 1 aliphatic rings. The molecule has 0 aromatic heterocycles. The van der Waals surface area contributed by atoms with E-state index in [1.165, 1.54) is 36.1 Å². The molecule has 0 fully saturated rings. The lowest BCUT2D eigenvalue weighted by Gasteiger charge is -2.31. The second-order valence-corrected chi connectivity index (χ2v) is 10.3. The molecular weight excluding hydrogens is 439 g/mol. The zero-order chi connectivity index (χ0) is 22.8. The largest absolute Gasteiger partial charge is 0.348 e. The van der Waals surface area contributed by atoms with Crippen molar-refractivity contribution in [3.63, 3.8) is 0 Å². The molecule has 0 bridgehead atoms. The van der Waals surface area contributed by atoms with Crippen molar-refractivity contribution in [2.75, 3.05) is 10.6 Å². The van der Waals surface area contributed by atoms with Gasteiger partial charge in [-0.2, -0.15) is 0 Å². The molecule has 1 N–H and O–H groups in total. The van der Waals surface area contributed by atoms with E-state index < -0.39 is 27.8 Å². The van der Waals surface area contributed by atoms with Gasteiger partial charge >= 0.3 is 0 Å². The van der Waals surface area contributed by atoms with Crippen molar-refractivity contribution in [2.24, 2.45) is 0 Å². The number of hydrogen-bond acceptors (Lipinski definition) is 3. The highest BCUT2D eigenvalue weighted by atomic mass is 35.5. The average molecular weight is 467 g/mol. The van der Waals surface area contributed by atoms with E-state index in [1.807, 2.05) is 13.0 Å². The van der Waals surface area contributed by atoms with Crippen molar-refractivity contribution >= 4 is 33.2 Å². The number of amides is 1. The van der Waals surface area contributed by atoms with Crippen LogP contribution >= 0.6 is 11.6 Å². The molecule has 2 aromatic rings. The second kappa shape index (κ2) is 9.57. The Morgan fingerprint density at radius 1 is 1.16 bits per heavy atom. The Balaban J connectivity index is 1.85. The third kappa shape index (κ3) is 5.39. The molecule has 0 saturated heterocycles. The lowest BCUT2D eigenvalue weighted by Crippen LogP contribution is -2.49. The molecule has 2 atom stereocenters. The van der Waals surface area contributed by atoms with Crippen LogP contribution in [0, 0.1) is 5.82 Å². The van der Waals surface area contributed by atoms with Gasteiger partial charge in [-0.05, 0) is 73.9 Å². The number of benzene rings is 2. The van der Waals surface area contributed by atoms with Crippen LogP contribution in [-0.4, -0.2) is 26.6 Å². The molecule has 168 valence electrons. The quantitative estimate of drug-likeness (QED) is 0.638. The highest BCUT2D eigenvalue weighted by Gasteiger charge is 2.32. The van der Waals surface area contributed by atoms with E-state index in [0.717, 1.165) is 35.0 Å². The van der Waals surface area contributed by atoms with Gasteiger partial charge in [0.2, 0.25) is 15.9 Å². The molecule has 0 aliphatic heterocycles. The van der Waals surface area contributed by atoms with Gasteiger partial charge in [-0.1, -0.05) is 36.7 Å². The minimum absolute atomic E-state index is 0.150. The normalized spacial score (nSPS) is 15.6. The topological polar surface area (TPSA) is 66.5 Å². The first-order valence-electron chi connectivity index (χ1n) is 10.5. The van der Waals surface area contributed by atoms with Gasteiger partial charge in [0.05, 0.1) is 23.0 Å². The van der Waals surface area contributed by atoms with Crippen molar-refractivity contribution in [3.05, 3.63) is 63.9 Å². The molecule has 3 rings (SSSR count). The maximum Gasteiger partial charge on any atom is 0.244 e. The highest BCUT2D eigenvalue weighted by Crippen LogP contribution is 2.28. The fourth-order valence-corrected chi connectivity index (χ4v) is 5.48. The SMILES string of the molecule is CCC(C(=O)NC(C)c1ccc2c(c1)CCCC2)N(c1ccc(F)c(Cl)c1)S(C)(=O)=O. The van der Waals surface area contributed by atoms with Gasteiger partial charge in [0.1, 0.15) is 11.9 Å². The summed E-state index contributed by atoms with van der Waals surface area (Å²) in [4.78, 5) is 13.1. The minimum atomic E-state index is -3.83. The smallest absolute Gasteiger partial charge is 0.244 e. The zero-order valence-electron chi connectivity index (χ0n) is 18.0. The van der Waals surface area contributed by atoms with Crippen LogP contribution in [0.2, 0.25) is 5.02 Å². The first-order valence-corrected chi connectivity index (χ1v) is 12.7. The van der Waals surface area contributed by atoms with Gasteiger partial charge in [0.15, 0.2) is 0 Å². The third-order valence-corrected chi connectivity index (χ3v) is 7.19. The van der Waals surface area contributed by atoms with Gasteiger partial charge < -0.3 is 5.32 Å². The molecule has 2 aromatic carbocycles. The van der Waals surface area contributed by atoms with Gasteiger partial charge in [-0.3, -0.25) is 9.10 Å². The van der Waals surface area contributed by atoms with E-state index >= 15 is 0 Å². The number of sulfonamides is 1. The Morgan fingerprint density at radius 3 is 2.45 bits per heavy atom. The number of rotatable bonds is 7. The van der Waals surface area contributed by atoms with E-state index in [1.54, 1.807) is 6.92 Å². The van der Waals surface area contributed by atoms with Gasteiger partial charge in [0.25, 0.3) is 0 Å². The Labute approximate surface area is 188 Å². The van der Waals surface area contributed by atoms with E-state index in [9.17, 15) is 17.6 Å². The van der Waals surface area contributed by atoms with Gasteiger partial charge in [0, 0.05) is 0 Å². The highest BCUT2D eigenvalue weighted by molar-refractivity contribution is 7.92. The number of hydrogen-bond donors (Lipinski definition) is 1. The van der Waals surface area contributed by atoms with Crippen LogP contribution in [0.3, 0.4) is 0 Å². The van der Waals surface area contributed by atoms with Crippen LogP contribution < -0.4 is 9.62 Å². The number of carbonyl (C=O) groups is 1. The number of halogens is 2. The van der Waals surface area contributed by atoms with Crippen molar-refractivity contribution in [1.29, 1.82) is 0 Å². The summed E-state index contributed by atoms with van der Waals surface area (Å²) in [5.41, 5.74) is 3.81. The molecule has 0 spiro atoms. The van der Waals surface area contributed by atoms with Crippen LogP contribution in [-0.2, 0) is 27.7 Å². The van der Waals surface area contributed by atoms with Crippen LogP contribution in [0.1, 0.15) is 55.8 Å². The summed E-state index contributed by atoms with van der Waals surface area (Å²) in [6, 6.07) is 8.62. The van der Waals surface area contributed by atoms with Crippen LogP contribution in [0.25, 0.3) is 0 Å². The molecule has 0 heterocycles. The number of carbonyl (C=O) groups excluding carboxylic acids is 1. The lowest BCUT2D eigenvalue weighted by molar-refractivity contribution is -0.122. The number of nitrogens with one attached hydrogen (secondary N) is 1. The molecule has 0 radical (unpaired) electrons. The van der Waals surface area contributed by atoms with E-state index in [4.69, 9.17) is 11.6 Å². The first kappa shape index (κ1) is 23.5. The predicted octanol–water partition coefficient (Wildman–Crippen LogP) is 4.78. The van der Waals surface area contributed by atoms with Crippen molar-refractivity contribution in [2.45, 2.75) is 58.0 Å². The predicted molar refractivity (Wildman–Crippen MR) is 122 cm³/mol. The molecule has 8 heteroatoms. The standard InChI is InChI=1S/C23H28ClFN2O3S/c1-4-22(27(31(3,29)30)19-11-12-21(25)20(24)14-19)23(28)26-15(2)17-10-9-16-7-5-6-8-18(16)13-17/h9-15,22H,4-8H2,1-3H3,(H,26,28). The van der Waals surface area contributed by atoms with E-state index in [0.29, 0.717) is 0 Å². The maximum absolute atomic E-state index is 13.6. The molecule has 1 aliphatic carbocycles. The number of aryl methyl sites for hydroxylation is 2. The third-order valence-electron chi connectivity index (χ3n) is 5.72. The molecule has 2 unspecified atom stereocenters. The summed E-state index contributed by atoms with van der Waals surface area (Å²) in [5, 5.41) is 2.75. The van der Waals surface area contributed by atoms with Crippen molar-refractivity contribution < 1.29 is 17.6 Å². The molecule has 31 heavy (non-hydrogen) atoms. The van der Waals surface area contributed by atoms with Crippen LogP contribution in [0.15, 0.2) is 36.4 Å². The van der Waals surface area contributed by atoms with E-state index in [-0.39, 0.29) is 23.2 Å². The summed E-state index contributed by atoms with van der Waals surface area (Å²) in [5.74, 6) is -1.07. The first-order chi connectivity index (χ1) is 14.6. The molecular formula is C23H28ClFN2O3S. The van der Waals surface area contributed by atoms with Crippen molar-refractivity contribution in [1.82, 2.24) is 5.32 Å². The summed E-state index contributed by atoms with van der Waals surface area (Å²) in [7, 11) is -3.83.